The Bertz CT molecular complexity index is 638. The van der Waals surface area contributed by atoms with Crippen molar-refractivity contribution in [2.75, 3.05) is 11.1 Å². The number of carbonyl (C=O) groups excluding carboxylic acids is 2. The van der Waals surface area contributed by atoms with E-state index in [1.54, 1.807) is 11.4 Å². The zero-order valence-corrected chi connectivity index (χ0v) is 12.5. The number of carbonyl (C=O) groups is 2. The third-order valence-corrected chi connectivity index (χ3v) is 4.37. The molecular formula is C14H14N2O2S2. The van der Waals surface area contributed by atoms with Gasteiger partial charge in [0.1, 0.15) is 5.00 Å². The fourth-order valence-electron chi connectivity index (χ4n) is 1.62. The van der Waals surface area contributed by atoms with Gasteiger partial charge in [0.2, 0.25) is 5.91 Å². The van der Waals surface area contributed by atoms with Gasteiger partial charge in [0.25, 0.3) is 5.91 Å². The summed E-state index contributed by atoms with van der Waals surface area (Å²) >= 11 is 2.74. The van der Waals surface area contributed by atoms with Crippen LogP contribution in [0.15, 0.2) is 40.6 Å². The van der Waals surface area contributed by atoms with Crippen molar-refractivity contribution >= 4 is 39.9 Å². The number of benzene rings is 1. The Kier molecular flexibility index (Phi) is 4.81. The van der Waals surface area contributed by atoms with E-state index >= 15 is 0 Å². The number of thiophene rings is 1. The zero-order chi connectivity index (χ0) is 14.5. The molecule has 0 spiro atoms. The second kappa shape index (κ2) is 6.58. The molecule has 0 aliphatic rings. The molecule has 2 amide bonds. The van der Waals surface area contributed by atoms with E-state index in [0.29, 0.717) is 16.3 Å². The summed E-state index contributed by atoms with van der Waals surface area (Å²) in [6, 6.07) is 9.56. The molecule has 0 fully saturated rings. The van der Waals surface area contributed by atoms with Crippen LogP contribution in [0.4, 0.5) is 5.00 Å². The van der Waals surface area contributed by atoms with Gasteiger partial charge in [-0.3, -0.25) is 9.59 Å². The van der Waals surface area contributed by atoms with Crippen LogP contribution in [0.1, 0.15) is 15.9 Å². The molecule has 0 saturated carbocycles. The molecule has 104 valence electrons. The minimum absolute atomic E-state index is 0.151. The molecule has 0 radical (unpaired) electrons. The van der Waals surface area contributed by atoms with Gasteiger partial charge in [0.15, 0.2) is 0 Å². The first kappa shape index (κ1) is 14.6. The number of hydrogen-bond acceptors (Lipinski definition) is 4. The van der Waals surface area contributed by atoms with Gasteiger partial charge in [-0.25, -0.2) is 0 Å². The molecular weight excluding hydrogens is 292 g/mol. The van der Waals surface area contributed by atoms with E-state index in [1.807, 2.05) is 31.2 Å². The fourth-order valence-corrected chi connectivity index (χ4v) is 3.24. The van der Waals surface area contributed by atoms with E-state index in [9.17, 15) is 9.59 Å². The van der Waals surface area contributed by atoms with Crippen LogP contribution in [0.2, 0.25) is 0 Å². The predicted molar refractivity (Wildman–Crippen MR) is 83.4 cm³/mol. The molecule has 1 aromatic heterocycles. The first-order chi connectivity index (χ1) is 9.56. The Labute approximate surface area is 125 Å². The highest BCUT2D eigenvalue weighted by atomic mass is 32.2. The van der Waals surface area contributed by atoms with Gasteiger partial charge in [-0.2, -0.15) is 0 Å². The van der Waals surface area contributed by atoms with Gasteiger partial charge >= 0.3 is 0 Å². The zero-order valence-electron chi connectivity index (χ0n) is 10.9. The number of aryl methyl sites for hydroxylation is 1. The summed E-state index contributed by atoms with van der Waals surface area (Å²) in [5.41, 5.74) is 6.74. The van der Waals surface area contributed by atoms with Gasteiger partial charge < -0.3 is 11.1 Å². The molecule has 4 nitrogen and oxygen atoms in total. The summed E-state index contributed by atoms with van der Waals surface area (Å²) in [5.74, 6) is -0.395. The largest absolute Gasteiger partial charge is 0.366 e. The van der Waals surface area contributed by atoms with Gasteiger partial charge in [0.05, 0.1) is 11.3 Å². The Morgan fingerprint density at radius 1 is 1.35 bits per heavy atom. The summed E-state index contributed by atoms with van der Waals surface area (Å²) in [4.78, 5) is 24.1. The van der Waals surface area contributed by atoms with Crippen molar-refractivity contribution < 1.29 is 9.59 Å². The summed E-state index contributed by atoms with van der Waals surface area (Å²) in [5, 5.41) is 4.95. The number of rotatable bonds is 5. The molecule has 0 atom stereocenters. The average molecular weight is 306 g/mol. The second-order valence-electron chi connectivity index (χ2n) is 4.18. The Hall–Kier alpha value is -1.79. The van der Waals surface area contributed by atoms with Crippen molar-refractivity contribution in [2.45, 2.75) is 11.8 Å². The summed E-state index contributed by atoms with van der Waals surface area (Å²) in [6.45, 7) is 2.01. The lowest BCUT2D eigenvalue weighted by Crippen LogP contribution is -2.17. The Morgan fingerprint density at radius 2 is 2.15 bits per heavy atom. The summed E-state index contributed by atoms with van der Waals surface area (Å²) in [6.07, 6.45) is 0. The number of primary amides is 1. The van der Waals surface area contributed by atoms with Crippen LogP contribution in [0.3, 0.4) is 0 Å². The van der Waals surface area contributed by atoms with Crippen LogP contribution in [0, 0.1) is 6.92 Å². The Balaban J connectivity index is 1.93. The lowest BCUT2D eigenvalue weighted by Gasteiger charge is -2.05. The van der Waals surface area contributed by atoms with E-state index in [0.717, 1.165) is 10.5 Å². The average Bonchev–Trinajstić information content (AvgIpc) is 2.85. The van der Waals surface area contributed by atoms with E-state index < -0.39 is 5.91 Å². The van der Waals surface area contributed by atoms with Crippen molar-refractivity contribution in [3.05, 3.63) is 46.8 Å². The lowest BCUT2D eigenvalue weighted by molar-refractivity contribution is -0.113. The minimum atomic E-state index is -0.534. The van der Waals surface area contributed by atoms with Crippen LogP contribution < -0.4 is 11.1 Å². The number of anilines is 1. The maximum atomic E-state index is 11.9. The molecule has 2 aromatic rings. The second-order valence-corrected chi connectivity index (χ2v) is 6.15. The monoisotopic (exact) mass is 306 g/mol. The van der Waals surface area contributed by atoms with E-state index in [4.69, 9.17) is 5.73 Å². The van der Waals surface area contributed by atoms with E-state index in [-0.39, 0.29) is 5.91 Å². The first-order valence-corrected chi connectivity index (χ1v) is 7.79. The van der Waals surface area contributed by atoms with Crippen LogP contribution >= 0.6 is 23.1 Å². The van der Waals surface area contributed by atoms with Gasteiger partial charge in [0, 0.05) is 4.90 Å². The normalized spacial score (nSPS) is 10.2. The molecule has 0 aliphatic heterocycles. The van der Waals surface area contributed by atoms with Crippen molar-refractivity contribution in [1.82, 2.24) is 0 Å². The highest BCUT2D eigenvalue weighted by molar-refractivity contribution is 8.00. The van der Waals surface area contributed by atoms with Crippen LogP contribution in [0.5, 0.6) is 0 Å². The minimum Gasteiger partial charge on any atom is -0.366 e. The number of nitrogens with two attached hydrogens (primary N) is 1. The van der Waals surface area contributed by atoms with Crippen LogP contribution in [-0.2, 0) is 4.79 Å². The molecule has 3 N–H and O–H groups in total. The maximum Gasteiger partial charge on any atom is 0.251 e. The number of hydrogen-bond donors (Lipinski definition) is 2. The fraction of sp³-hybridized carbons (Fsp3) is 0.143. The molecule has 0 saturated heterocycles. The van der Waals surface area contributed by atoms with Crippen molar-refractivity contribution in [2.24, 2.45) is 5.73 Å². The van der Waals surface area contributed by atoms with Crippen LogP contribution in [-0.4, -0.2) is 17.6 Å². The van der Waals surface area contributed by atoms with E-state index in [2.05, 4.69) is 5.32 Å². The molecule has 6 heteroatoms. The quantitative estimate of drug-likeness (QED) is 0.834. The smallest absolute Gasteiger partial charge is 0.251 e. The molecule has 0 aliphatic carbocycles. The SMILES string of the molecule is Cc1cccc(SCC(=O)Nc2sccc2C(N)=O)c1. The maximum absolute atomic E-state index is 11.9. The van der Waals surface area contributed by atoms with Gasteiger partial charge in [-0.05, 0) is 30.5 Å². The first-order valence-electron chi connectivity index (χ1n) is 5.93. The Morgan fingerprint density at radius 3 is 2.85 bits per heavy atom. The lowest BCUT2D eigenvalue weighted by atomic mass is 10.2. The number of thioether (sulfide) groups is 1. The van der Waals surface area contributed by atoms with Gasteiger partial charge in [-0.15, -0.1) is 23.1 Å². The van der Waals surface area contributed by atoms with Crippen molar-refractivity contribution in [3.63, 3.8) is 0 Å². The predicted octanol–water partition coefficient (Wildman–Crippen LogP) is 2.89. The standard InChI is InChI=1S/C14H14N2O2S2/c1-9-3-2-4-10(7-9)20-8-12(17)16-14-11(13(15)18)5-6-19-14/h2-7H,8H2,1H3,(H2,15,18)(H,16,17). The van der Waals surface area contributed by atoms with Crippen LogP contribution in [0.25, 0.3) is 0 Å². The topological polar surface area (TPSA) is 72.2 Å². The molecule has 20 heavy (non-hydrogen) atoms. The molecule has 0 unspecified atom stereocenters. The molecule has 1 heterocycles. The third-order valence-electron chi connectivity index (χ3n) is 2.54. The number of nitrogens with one attached hydrogen (secondary N) is 1. The highest BCUT2D eigenvalue weighted by Crippen LogP contribution is 2.24. The number of amides is 2. The summed E-state index contributed by atoms with van der Waals surface area (Å²) < 4.78 is 0. The molecule has 2 rings (SSSR count). The summed E-state index contributed by atoms with van der Waals surface area (Å²) in [7, 11) is 0. The van der Waals surface area contributed by atoms with E-state index in [1.165, 1.54) is 23.1 Å². The highest BCUT2D eigenvalue weighted by Gasteiger charge is 2.12. The van der Waals surface area contributed by atoms with Crippen molar-refractivity contribution in [3.8, 4) is 0 Å². The third kappa shape index (κ3) is 3.85. The molecule has 1 aromatic carbocycles. The molecule has 0 bridgehead atoms. The van der Waals surface area contributed by atoms with Crippen molar-refractivity contribution in [1.29, 1.82) is 0 Å². The van der Waals surface area contributed by atoms with Gasteiger partial charge in [-0.1, -0.05) is 17.7 Å².